The monoisotopic (exact) mass is 688 g/mol. The van der Waals surface area contributed by atoms with E-state index in [0.29, 0.717) is 6.54 Å². The van der Waals surface area contributed by atoms with Gasteiger partial charge in [-0.05, 0) is 74.2 Å². The summed E-state index contributed by atoms with van der Waals surface area (Å²) in [6.07, 6.45) is 6.46. The van der Waals surface area contributed by atoms with Crippen molar-refractivity contribution in [3.8, 4) is 0 Å². The average molecular weight is 689 g/mol. The number of carbonyl (C=O) groups is 2. The van der Waals surface area contributed by atoms with Crippen molar-refractivity contribution in [2.45, 2.75) is 65.3 Å². The Bertz CT molecular complexity index is 1800. The van der Waals surface area contributed by atoms with Crippen LogP contribution in [0.2, 0.25) is 0 Å². The number of halogens is 1. The normalized spacial score (nSPS) is 17.8. The van der Waals surface area contributed by atoms with Crippen LogP contribution >= 0.6 is 23.7 Å². The van der Waals surface area contributed by atoms with Crippen LogP contribution in [0.4, 0.5) is 5.69 Å². The maximum absolute atomic E-state index is 13.0. The minimum Gasteiger partial charge on any atom is -0.383 e. The highest BCUT2D eigenvalue weighted by atomic mass is 35.5. The molecular weight excluding hydrogens is 640 g/mol. The van der Waals surface area contributed by atoms with Crippen molar-refractivity contribution < 1.29 is 9.59 Å². The summed E-state index contributed by atoms with van der Waals surface area (Å²) >= 11 is 1.70. The predicted molar refractivity (Wildman–Crippen MR) is 202 cm³/mol. The Kier molecular flexibility index (Phi) is 12.2. The molecule has 0 spiro atoms. The molecule has 3 aliphatic rings. The molecule has 4 aromatic rings. The van der Waals surface area contributed by atoms with Gasteiger partial charge in [0.1, 0.15) is 0 Å². The lowest BCUT2D eigenvalue weighted by atomic mass is 9.87. The number of fused-ring (bicyclic) bond motifs is 5. The highest BCUT2D eigenvalue weighted by Crippen LogP contribution is 2.35. The third-order valence-electron chi connectivity index (χ3n) is 10.3. The predicted octanol–water partition coefficient (Wildman–Crippen LogP) is 7.43. The molecule has 0 bridgehead atoms. The van der Waals surface area contributed by atoms with E-state index in [-0.39, 0.29) is 48.2 Å². The second kappa shape index (κ2) is 16.3. The number of piperazine rings is 1. The number of benzene rings is 3. The van der Waals surface area contributed by atoms with Gasteiger partial charge in [-0.1, -0.05) is 75.6 Å². The number of likely N-dealkylation sites (N-methyl/N-ethyl adjacent to an activating group) is 1. The van der Waals surface area contributed by atoms with Crippen LogP contribution in [-0.4, -0.2) is 72.3 Å². The minimum atomic E-state index is 0. The van der Waals surface area contributed by atoms with E-state index in [1.54, 1.807) is 11.3 Å². The number of nitrogens with one attached hydrogen (secondary N) is 1. The van der Waals surface area contributed by atoms with E-state index < -0.39 is 0 Å². The van der Waals surface area contributed by atoms with E-state index in [1.165, 1.54) is 17.5 Å². The van der Waals surface area contributed by atoms with Crippen LogP contribution in [0.5, 0.6) is 0 Å². The maximum Gasteiger partial charge on any atom is 0.242 e. The zero-order chi connectivity index (χ0) is 32.9. The van der Waals surface area contributed by atoms with Gasteiger partial charge in [-0.25, -0.2) is 0 Å². The second-order valence-electron chi connectivity index (χ2n) is 13.1. The Hall–Kier alpha value is -3.46. The van der Waals surface area contributed by atoms with Crippen LogP contribution in [0, 0.1) is 12.8 Å². The van der Waals surface area contributed by atoms with Crippen molar-refractivity contribution >= 4 is 61.4 Å². The van der Waals surface area contributed by atoms with Crippen molar-refractivity contribution in [2.24, 2.45) is 5.92 Å². The fraction of sp³-hybridized carbons (Fsp3) is 0.462. The summed E-state index contributed by atoms with van der Waals surface area (Å²) in [6.45, 7) is 12.1. The first-order valence-electron chi connectivity index (χ1n) is 17.5. The van der Waals surface area contributed by atoms with Gasteiger partial charge in [-0.15, -0.1) is 23.7 Å². The number of aryl methyl sites for hydroxylation is 1. The summed E-state index contributed by atoms with van der Waals surface area (Å²) in [5, 5.41) is 5.13. The lowest BCUT2D eigenvalue weighted by Crippen LogP contribution is -2.56. The number of nitrogens with zero attached hydrogens (tertiary/aromatic N) is 3. The van der Waals surface area contributed by atoms with Crippen molar-refractivity contribution in [2.75, 3.05) is 51.1 Å². The van der Waals surface area contributed by atoms with Gasteiger partial charge in [0.2, 0.25) is 11.8 Å². The molecule has 1 N–H and O–H groups in total. The van der Waals surface area contributed by atoms with E-state index in [9.17, 15) is 14.4 Å². The maximum atomic E-state index is 13.0. The van der Waals surface area contributed by atoms with Gasteiger partial charge >= 0.3 is 0 Å². The van der Waals surface area contributed by atoms with Gasteiger partial charge in [0.05, 0.1) is 18.0 Å². The molecular formula is C39H49ClN4O3S. The first-order valence-corrected chi connectivity index (χ1v) is 18.3. The number of hydrogen-bond acceptors (Lipinski definition) is 6. The molecule has 2 aliphatic heterocycles. The standard InChI is InChI=1S/C20H24N2OS.C19H24N2O2.ClH/c1-4-22(5-2)13-12-21-16-11-10-14(3)20-18(16)19(23)15-8-6-7-9-17(15)24-20;22-18-13-20(19(23)15-7-2-1-3-8-15)12-17-16-9-5-4-6-14(16)10-11-21(17)18;/h6-11,21H,4-5,12-13H2,1-3H3;4-6,9,15,17H,1-3,7-8,10-13H2;1H. The molecule has 48 heavy (non-hydrogen) atoms. The fourth-order valence-electron chi connectivity index (χ4n) is 7.52. The molecule has 1 aromatic heterocycles. The fourth-order valence-corrected chi connectivity index (χ4v) is 8.69. The van der Waals surface area contributed by atoms with Gasteiger partial charge in [0, 0.05) is 52.6 Å². The lowest BCUT2D eigenvalue weighted by Gasteiger charge is -2.45. The van der Waals surface area contributed by atoms with Crippen molar-refractivity contribution in [3.05, 3.63) is 87.6 Å². The molecule has 2 amide bonds. The smallest absolute Gasteiger partial charge is 0.242 e. The minimum absolute atomic E-state index is 0. The van der Waals surface area contributed by atoms with Crippen molar-refractivity contribution in [3.63, 3.8) is 0 Å². The van der Waals surface area contributed by atoms with E-state index in [4.69, 9.17) is 0 Å². The highest BCUT2D eigenvalue weighted by molar-refractivity contribution is 7.24. The molecule has 3 heterocycles. The first-order chi connectivity index (χ1) is 22.9. The highest BCUT2D eigenvalue weighted by Gasteiger charge is 2.39. The summed E-state index contributed by atoms with van der Waals surface area (Å²) in [5.74, 6) is 0.461. The largest absolute Gasteiger partial charge is 0.383 e. The second-order valence-corrected chi connectivity index (χ2v) is 14.2. The molecule has 3 aromatic carbocycles. The molecule has 2 fully saturated rings. The molecule has 7 rings (SSSR count). The van der Waals surface area contributed by atoms with Crippen LogP contribution in [-0.2, 0) is 16.0 Å². The summed E-state index contributed by atoms with van der Waals surface area (Å²) in [5.41, 5.74) is 4.80. The summed E-state index contributed by atoms with van der Waals surface area (Å²) in [6, 6.07) is 20.4. The third kappa shape index (κ3) is 7.56. The molecule has 1 atom stereocenters. The van der Waals surface area contributed by atoms with Crippen LogP contribution in [0.15, 0.2) is 65.5 Å². The Morgan fingerprint density at radius 3 is 2.46 bits per heavy atom. The molecule has 1 saturated heterocycles. The number of anilines is 1. The third-order valence-corrected chi connectivity index (χ3v) is 11.6. The molecule has 9 heteroatoms. The Labute approximate surface area is 294 Å². The summed E-state index contributed by atoms with van der Waals surface area (Å²) in [7, 11) is 0. The van der Waals surface area contributed by atoms with Crippen LogP contribution in [0.1, 0.15) is 68.7 Å². The Morgan fingerprint density at radius 1 is 0.958 bits per heavy atom. The van der Waals surface area contributed by atoms with Crippen molar-refractivity contribution in [1.29, 1.82) is 0 Å². The number of carbonyl (C=O) groups excluding carboxylic acids is 2. The van der Waals surface area contributed by atoms with E-state index in [1.807, 2.05) is 46.2 Å². The van der Waals surface area contributed by atoms with E-state index in [2.05, 4.69) is 55.3 Å². The zero-order valence-electron chi connectivity index (χ0n) is 28.5. The number of rotatable bonds is 7. The van der Waals surface area contributed by atoms with Crippen LogP contribution < -0.4 is 10.7 Å². The average Bonchev–Trinajstić information content (AvgIpc) is 3.11. The van der Waals surface area contributed by atoms with Crippen molar-refractivity contribution in [1.82, 2.24) is 14.7 Å². The van der Waals surface area contributed by atoms with Gasteiger partial charge < -0.3 is 20.0 Å². The van der Waals surface area contributed by atoms with Gasteiger partial charge in [-0.2, -0.15) is 0 Å². The Morgan fingerprint density at radius 2 is 1.69 bits per heavy atom. The van der Waals surface area contributed by atoms with Crippen LogP contribution in [0.25, 0.3) is 20.2 Å². The zero-order valence-corrected chi connectivity index (χ0v) is 30.1. The molecule has 1 saturated carbocycles. The van der Waals surface area contributed by atoms with Crippen LogP contribution in [0.3, 0.4) is 0 Å². The lowest BCUT2D eigenvalue weighted by molar-refractivity contribution is -0.152. The van der Waals surface area contributed by atoms with E-state index >= 15 is 0 Å². The van der Waals surface area contributed by atoms with E-state index in [0.717, 1.165) is 96.3 Å². The van der Waals surface area contributed by atoms with Gasteiger partial charge in [0.15, 0.2) is 5.43 Å². The molecule has 1 aliphatic carbocycles. The molecule has 7 nitrogen and oxygen atoms in total. The van der Waals surface area contributed by atoms with Gasteiger partial charge in [-0.3, -0.25) is 14.4 Å². The number of amides is 2. The summed E-state index contributed by atoms with van der Waals surface area (Å²) < 4.78 is 2.14. The Balaban J connectivity index is 0.000000184. The first kappa shape index (κ1) is 35.8. The molecule has 256 valence electrons. The quantitative estimate of drug-likeness (QED) is 0.205. The molecule has 1 unspecified atom stereocenters. The summed E-state index contributed by atoms with van der Waals surface area (Å²) in [4.78, 5) is 44.6. The number of hydrogen-bond donors (Lipinski definition) is 1. The SMILES string of the molecule is CCN(CC)CCNc1ccc(C)c2sc3ccccc3c(=O)c12.Cl.O=C(C1CCCCC1)N1CC(=O)N2CCc3ccccc3C2C1. The van der Waals surface area contributed by atoms with Gasteiger partial charge in [0.25, 0.3) is 0 Å². The molecule has 0 radical (unpaired) electrons. The topological polar surface area (TPSA) is 73.0 Å².